The zero-order valence-electron chi connectivity index (χ0n) is 10.2. The lowest BCUT2D eigenvalue weighted by molar-refractivity contribution is 0.639. The molecule has 0 aliphatic heterocycles. The van der Waals surface area contributed by atoms with Gasteiger partial charge in [-0.2, -0.15) is 5.10 Å². The molecule has 3 aromatic rings. The van der Waals surface area contributed by atoms with Crippen molar-refractivity contribution in [3.05, 3.63) is 53.9 Å². The number of nitrogens with one attached hydrogen (secondary N) is 2. The molecule has 0 radical (unpaired) electrons. The third-order valence-electron chi connectivity index (χ3n) is 3.14. The number of pyridine rings is 1. The Bertz CT molecular complexity index is 705. The Morgan fingerprint density at radius 1 is 1.26 bits per heavy atom. The zero-order chi connectivity index (χ0) is 13.2. The summed E-state index contributed by atoms with van der Waals surface area (Å²) in [5.74, 6) is 6.15. The van der Waals surface area contributed by atoms with E-state index in [0.29, 0.717) is 5.82 Å². The minimum Gasteiger partial charge on any atom is -0.384 e. The van der Waals surface area contributed by atoms with E-state index >= 15 is 0 Å². The molecule has 1 aromatic carbocycles. The number of hydrazine groups is 1. The molecule has 0 aliphatic carbocycles. The van der Waals surface area contributed by atoms with Crippen LogP contribution in [-0.4, -0.2) is 15.2 Å². The van der Waals surface area contributed by atoms with Gasteiger partial charge in [-0.1, -0.05) is 12.1 Å². The van der Waals surface area contributed by atoms with Crippen molar-refractivity contribution in [1.29, 1.82) is 0 Å². The predicted molar refractivity (Wildman–Crippen MR) is 73.9 cm³/mol. The fraction of sp³-hybridized carbons (Fsp3) is 0.0769. The van der Waals surface area contributed by atoms with Crippen molar-refractivity contribution in [2.75, 3.05) is 5.73 Å². The summed E-state index contributed by atoms with van der Waals surface area (Å²) in [7, 11) is 0. The molecule has 0 bridgehead atoms. The maximum atomic E-state index is 5.84. The Labute approximate surface area is 109 Å². The average Bonchev–Trinajstić information content (AvgIpc) is 2.86. The van der Waals surface area contributed by atoms with Crippen LogP contribution >= 0.6 is 0 Å². The third-order valence-corrected chi connectivity index (χ3v) is 3.14. The SMILES string of the molecule is NNC(c1ccc2ncccc2c1)c1cn[nH]c1N. The first kappa shape index (κ1) is 11.6. The lowest BCUT2D eigenvalue weighted by atomic mass is 9.99. The second kappa shape index (κ2) is 4.68. The van der Waals surface area contributed by atoms with Crippen LogP contribution in [0.15, 0.2) is 42.7 Å². The van der Waals surface area contributed by atoms with E-state index in [-0.39, 0.29) is 6.04 Å². The summed E-state index contributed by atoms with van der Waals surface area (Å²) in [6.45, 7) is 0. The number of aromatic nitrogens is 3. The van der Waals surface area contributed by atoms with E-state index in [4.69, 9.17) is 11.6 Å². The van der Waals surface area contributed by atoms with Gasteiger partial charge in [0.05, 0.1) is 17.8 Å². The van der Waals surface area contributed by atoms with Crippen molar-refractivity contribution in [3.63, 3.8) is 0 Å². The van der Waals surface area contributed by atoms with Gasteiger partial charge in [-0.25, -0.2) is 5.43 Å². The van der Waals surface area contributed by atoms with E-state index in [0.717, 1.165) is 22.0 Å². The molecule has 6 nitrogen and oxygen atoms in total. The summed E-state index contributed by atoms with van der Waals surface area (Å²) in [4.78, 5) is 4.29. The van der Waals surface area contributed by atoms with Crippen molar-refractivity contribution < 1.29 is 0 Å². The number of rotatable bonds is 3. The quantitative estimate of drug-likeness (QED) is 0.413. The summed E-state index contributed by atoms with van der Waals surface area (Å²) in [5.41, 5.74) is 11.4. The van der Waals surface area contributed by atoms with E-state index in [1.807, 2.05) is 30.3 Å². The van der Waals surface area contributed by atoms with Crippen molar-refractivity contribution in [3.8, 4) is 0 Å². The molecule has 6 heteroatoms. The highest BCUT2D eigenvalue weighted by Crippen LogP contribution is 2.26. The van der Waals surface area contributed by atoms with Crippen LogP contribution < -0.4 is 17.0 Å². The van der Waals surface area contributed by atoms with Gasteiger partial charge < -0.3 is 5.73 Å². The van der Waals surface area contributed by atoms with Crippen LogP contribution in [0.1, 0.15) is 17.2 Å². The minimum absolute atomic E-state index is 0.205. The second-order valence-electron chi connectivity index (χ2n) is 4.29. The second-order valence-corrected chi connectivity index (χ2v) is 4.29. The molecule has 2 aromatic heterocycles. The first-order valence-corrected chi connectivity index (χ1v) is 5.89. The smallest absolute Gasteiger partial charge is 0.124 e. The molecule has 0 aliphatic rings. The normalized spacial score (nSPS) is 12.7. The average molecular weight is 254 g/mol. The summed E-state index contributed by atoms with van der Waals surface area (Å²) >= 11 is 0. The molecule has 0 fully saturated rings. The molecule has 1 unspecified atom stereocenters. The van der Waals surface area contributed by atoms with Crippen LogP contribution in [0, 0.1) is 0 Å². The Morgan fingerprint density at radius 2 is 2.16 bits per heavy atom. The molecule has 0 amide bonds. The molecule has 1 atom stereocenters. The summed E-state index contributed by atoms with van der Waals surface area (Å²) in [5, 5.41) is 7.69. The number of benzene rings is 1. The summed E-state index contributed by atoms with van der Waals surface area (Å²) in [6, 6.07) is 9.70. The van der Waals surface area contributed by atoms with Gasteiger partial charge in [-0.05, 0) is 23.8 Å². The van der Waals surface area contributed by atoms with Gasteiger partial charge in [-0.3, -0.25) is 15.9 Å². The van der Waals surface area contributed by atoms with Crippen molar-refractivity contribution in [2.24, 2.45) is 5.84 Å². The molecule has 19 heavy (non-hydrogen) atoms. The maximum Gasteiger partial charge on any atom is 0.124 e. The minimum atomic E-state index is -0.205. The number of nitrogen functional groups attached to an aromatic ring is 1. The van der Waals surface area contributed by atoms with E-state index in [2.05, 4.69) is 20.6 Å². The molecule has 6 N–H and O–H groups in total. The van der Waals surface area contributed by atoms with Crippen LogP contribution in [0.25, 0.3) is 10.9 Å². The van der Waals surface area contributed by atoms with Gasteiger partial charge >= 0.3 is 0 Å². The van der Waals surface area contributed by atoms with Crippen LogP contribution in [0.4, 0.5) is 5.82 Å². The monoisotopic (exact) mass is 254 g/mol. The Kier molecular flexibility index (Phi) is 2.86. The highest BCUT2D eigenvalue weighted by molar-refractivity contribution is 5.79. The lowest BCUT2D eigenvalue weighted by Crippen LogP contribution is -2.29. The maximum absolute atomic E-state index is 5.84. The fourth-order valence-corrected chi connectivity index (χ4v) is 2.17. The standard InChI is InChI=1S/C13H14N6/c14-13-10(7-17-19-13)12(18-15)9-3-4-11-8(6-9)2-1-5-16-11/h1-7,12,18H,15H2,(H3,14,17,19). The van der Waals surface area contributed by atoms with Gasteiger partial charge in [0.25, 0.3) is 0 Å². The Hall–Kier alpha value is -2.44. The number of aromatic amines is 1. The number of hydrogen-bond acceptors (Lipinski definition) is 5. The zero-order valence-corrected chi connectivity index (χ0v) is 10.2. The highest BCUT2D eigenvalue weighted by atomic mass is 15.2. The van der Waals surface area contributed by atoms with Gasteiger partial charge in [0.2, 0.25) is 0 Å². The van der Waals surface area contributed by atoms with Crippen LogP contribution in [0.2, 0.25) is 0 Å². The first-order valence-electron chi connectivity index (χ1n) is 5.89. The van der Waals surface area contributed by atoms with Crippen molar-refractivity contribution in [2.45, 2.75) is 6.04 Å². The summed E-state index contributed by atoms with van der Waals surface area (Å²) in [6.07, 6.45) is 3.45. The van der Waals surface area contributed by atoms with Crippen molar-refractivity contribution in [1.82, 2.24) is 20.6 Å². The summed E-state index contributed by atoms with van der Waals surface area (Å²) < 4.78 is 0. The van der Waals surface area contributed by atoms with Crippen LogP contribution in [0.3, 0.4) is 0 Å². The molecule has 3 rings (SSSR count). The molecule has 0 spiro atoms. The Morgan fingerprint density at radius 3 is 2.89 bits per heavy atom. The number of nitrogens with two attached hydrogens (primary N) is 2. The number of nitrogens with zero attached hydrogens (tertiary/aromatic N) is 2. The Balaban J connectivity index is 2.09. The van der Waals surface area contributed by atoms with Gasteiger partial charge in [-0.15, -0.1) is 0 Å². The lowest BCUT2D eigenvalue weighted by Gasteiger charge is -2.16. The van der Waals surface area contributed by atoms with E-state index < -0.39 is 0 Å². The fourth-order valence-electron chi connectivity index (χ4n) is 2.17. The number of H-pyrrole nitrogens is 1. The van der Waals surface area contributed by atoms with E-state index in [9.17, 15) is 0 Å². The van der Waals surface area contributed by atoms with Gasteiger partial charge in [0.15, 0.2) is 0 Å². The highest BCUT2D eigenvalue weighted by Gasteiger charge is 2.17. The van der Waals surface area contributed by atoms with E-state index in [1.54, 1.807) is 12.4 Å². The predicted octanol–water partition coefficient (Wildman–Crippen LogP) is 1.09. The van der Waals surface area contributed by atoms with Crippen molar-refractivity contribution >= 4 is 16.7 Å². The molecule has 96 valence electrons. The third kappa shape index (κ3) is 2.03. The number of anilines is 1. The molecule has 0 saturated heterocycles. The molecular formula is C13H14N6. The molecule has 2 heterocycles. The van der Waals surface area contributed by atoms with Crippen LogP contribution in [0.5, 0.6) is 0 Å². The van der Waals surface area contributed by atoms with E-state index in [1.165, 1.54) is 0 Å². The number of fused-ring (bicyclic) bond motifs is 1. The first-order chi connectivity index (χ1) is 9.29. The topological polar surface area (TPSA) is 106 Å². The van der Waals surface area contributed by atoms with Crippen LogP contribution in [-0.2, 0) is 0 Å². The molecule has 0 saturated carbocycles. The number of hydrogen-bond donors (Lipinski definition) is 4. The van der Waals surface area contributed by atoms with Gasteiger partial charge in [0.1, 0.15) is 5.82 Å². The molecular weight excluding hydrogens is 240 g/mol. The van der Waals surface area contributed by atoms with Gasteiger partial charge in [0, 0.05) is 17.1 Å². The largest absolute Gasteiger partial charge is 0.384 e.